The minimum atomic E-state index is 0.237. The third kappa shape index (κ3) is 2.96. The summed E-state index contributed by atoms with van der Waals surface area (Å²) in [5.74, 6) is 6.66. The Labute approximate surface area is 142 Å². The van der Waals surface area contributed by atoms with E-state index in [1.54, 1.807) is 12.1 Å². The predicted molar refractivity (Wildman–Crippen MR) is 100 cm³/mol. The highest BCUT2D eigenvalue weighted by molar-refractivity contribution is 5.96. The van der Waals surface area contributed by atoms with Crippen molar-refractivity contribution in [1.82, 2.24) is 4.57 Å². The van der Waals surface area contributed by atoms with Gasteiger partial charge in [-0.2, -0.15) is 0 Å². The van der Waals surface area contributed by atoms with Crippen molar-refractivity contribution in [1.29, 1.82) is 0 Å². The first-order chi connectivity index (χ1) is 11.6. The molecule has 3 aromatic rings. The maximum Gasteiger partial charge on any atom is 0.117 e. The fourth-order valence-electron chi connectivity index (χ4n) is 3.00. The Morgan fingerprint density at radius 2 is 1.79 bits per heavy atom. The number of rotatable bonds is 3. The zero-order chi connectivity index (χ0) is 17.1. The molecule has 3 nitrogen and oxygen atoms in total. The number of aromatic nitrogens is 1. The van der Waals surface area contributed by atoms with Crippen molar-refractivity contribution >= 4 is 16.6 Å². The molecule has 0 bridgehead atoms. The van der Waals surface area contributed by atoms with Gasteiger partial charge in [-0.3, -0.25) is 0 Å². The van der Waals surface area contributed by atoms with Gasteiger partial charge in [0.05, 0.1) is 11.2 Å². The SMILES string of the molecule is CCCc1ccc(C#Cc2c(N)c3ccc(O)cc3n2CC)cc1. The van der Waals surface area contributed by atoms with E-state index in [0.29, 0.717) is 5.69 Å². The molecule has 0 atom stereocenters. The number of benzene rings is 2. The number of hydrogen-bond acceptors (Lipinski definition) is 2. The summed E-state index contributed by atoms with van der Waals surface area (Å²) in [4.78, 5) is 0. The highest BCUT2D eigenvalue weighted by Gasteiger charge is 2.12. The summed E-state index contributed by atoms with van der Waals surface area (Å²) in [7, 11) is 0. The van der Waals surface area contributed by atoms with Crippen LogP contribution in [0.1, 0.15) is 37.1 Å². The molecule has 0 aliphatic heterocycles. The molecule has 0 aliphatic rings. The summed E-state index contributed by atoms with van der Waals surface area (Å²) in [6.07, 6.45) is 2.24. The second kappa shape index (κ2) is 6.72. The average Bonchev–Trinajstić information content (AvgIpc) is 2.85. The van der Waals surface area contributed by atoms with E-state index in [4.69, 9.17) is 5.73 Å². The van der Waals surface area contributed by atoms with E-state index in [0.717, 1.165) is 41.5 Å². The lowest BCUT2D eigenvalue weighted by molar-refractivity contribution is 0.476. The molecule has 1 heterocycles. The van der Waals surface area contributed by atoms with E-state index in [1.165, 1.54) is 5.56 Å². The molecule has 0 aliphatic carbocycles. The van der Waals surface area contributed by atoms with Gasteiger partial charge in [-0.15, -0.1) is 0 Å². The number of nitrogen functional groups attached to an aromatic ring is 1. The van der Waals surface area contributed by atoms with Gasteiger partial charge in [0.15, 0.2) is 0 Å². The van der Waals surface area contributed by atoms with Crippen LogP contribution >= 0.6 is 0 Å². The summed E-state index contributed by atoms with van der Waals surface area (Å²) in [5.41, 5.74) is 11.0. The van der Waals surface area contributed by atoms with Crippen molar-refractivity contribution in [3.63, 3.8) is 0 Å². The molecule has 2 aromatic carbocycles. The molecule has 24 heavy (non-hydrogen) atoms. The summed E-state index contributed by atoms with van der Waals surface area (Å²) in [6.45, 7) is 4.97. The van der Waals surface area contributed by atoms with E-state index in [-0.39, 0.29) is 5.75 Å². The van der Waals surface area contributed by atoms with Crippen LogP contribution in [0.4, 0.5) is 5.69 Å². The van der Waals surface area contributed by atoms with Gasteiger partial charge in [0.2, 0.25) is 0 Å². The number of nitrogens with zero attached hydrogens (tertiary/aromatic N) is 1. The number of aromatic hydroxyl groups is 1. The molecule has 1 aromatic heterocycles. The second-order valence-electron chi connectivity index (χ2n) is 5.90. The molecule has 0 unspecified atom stereocenters. The van der Waals surface area contributed by atoms with Crippen molar-refractivity contribution < 1.29 is 5.11 Å². The minimum absolute atomic E-state index is 0.237. The minimum Gasteiger partial charge on any atom is -0.508 e. The normalized spacial score (nSPS) is 10.6. The van der Waals surface area contributed by atoms with Crippen molar-refractivity contribution in [2.45, 2.75) is 33.2 Å². The van der Waals surface area contributed by atoms with Crippen LogP contribution in [0.3, 0.4) is 0 Å². The molecule has 0 saturated carbocycles. The van der Waals surface area contributed by atoms with Gasteiger partial charge in [0.25, 0.3) is 0 Å². The van der Waals surface area contributed by atoms with Crippen LogP contribution < -0.4 is 5.73 Å². The molecule has 3 rings (SSSR count). The Morgan fingerprint density at radius 1 is 1.04 bits per heavy atom. The highest BCUT2D eigenvalue weighted by atomic mass is 16.3. The van der Waals surface area contributed by atoms with Crippen molar-refractivity contribution in [2.75, 3.05) is 5.73 Å². The maximum atomic E-state index is 9.74. The molecule has 0 radical (unpaired) electrons. The molecule has 0 spiro atoms. The van der Waals surface area contributed by atoms with Gasteiger partial charge in [0, 0.05) is 23.6 Å². The topological polar surface area (TPSA) is 51.2 Å². The van der Waals surface area contributed by atoms with Crippen molar-refractivity contribution in [2.24, 2.45) is 0 Å². The van der Waals surface area contributed by atoms with Gasteiger partial charge in [-0.25, -0.2) is 0 Å². The van der Waals surface area contributed by atoms with Crippen LogP contribution in [0.2, 0.25) is 0 Å². The molecule has 3 heteroatoms. The van der Waals surface area contributed by atoms with Crippen molar-refractivity contribution in [3.8, 4) is 17.6 Å². The largest absolute Gasteiger partial charge is 0.508 e. The number of nitrogens with two attached hydrogens (primary N) is 1. The lowest BCUT2D eigenvalue weighted by atomic mass is 10.1. The monoisotopic (exact) mass is 318 g/mol. The quantitative estimate of drug-likeness (QED) is 0.707. The van der Waals surface area contributed by atoms with Gasteiger partial charge in [0.1, 0.15) is 11.4 Å². The van der Waals surface area contributed by atoms with E-state index >= 15 is 0 Å². The Morgan fingerprint density at radius 3 is 2.46 bits per heavy atom. The summed E-state index contributed by atoms with van der Waals surface area (Å²) in [6, 6.07) is 13.6. The Bertz CT molecular complexity index is 924. The number of hydrogen-bond donors (Lipinski definition) is 2. The summed E-state index contributed by atoms with van der Waals surface area (Å²) in [5, 5.41) is 10.7. The number of aryl methyl sites for hydroxylation is 2. The summed E-state index contributed by atoms with van der Waals surface area (Å²) >= 11 is 0. The maximum absolute atomic E-state index is 9.74. The zero-order valence-corrected chi connectivity index (χ0v) is 14.1. The molecule has 122 valence electrons. The molecular weight excluding hydrogens is 296 g/mol. The first-order valence-electron chi connectivity index (χ1n) is 8.35. The highest BCUT2D eigenvalue weighted by Crippen LogP contribution is 2.30. The zero-order valence-electron chi connectivity index (χ0n) is 14.1. The van der Waals surface area contributed by atoms with Crippen LogP contribution in [0.5, 0.6) is 5.75 Å². The first-order valence-corrected chi connectivity index (χ1v) is 8.35. The third-order valence-electron chi connectivity index (χ3n) is 4.22. The lowest BCUT2D eigenvalue weighted by Gasteiger charge is -2.03. The van der Waals surface area contributed by atoms with Gasteiger partial charge in [-0.05, 0) is 49.1 Å². The molecule has 0 fully saturated rings. The average molecular weight is 318 g/mol. The number of anilines is 1. The van der Waals surface area contributed by atoms with Crippen LogP contribution in [-0.4, -0.2) is 9.67 Å². The van der Waals surface area contributed by atoms with E-state index in [2.05, 4.69) is 43.0 Å². The van der Waals surface area contributed by atoms with E-state index < -0.39 is 0 Å². The predicted octanol–water partition coefficient (Wildman–Crippen LogP) is 4.30. The van der Waals surface area contributed by atoms with Crippen LogP contribution in [0.25, 0.3) is 10.9 Å². The van der Waals surface area contributed by atoms with Gasteiger partial charge < -0.3 is 15.4 Å². The fraction of sp³-hybridized carbons (Fsp3) is 0.238. The van der Waals surface area contributed by atoms with Crippen LogP contribution in [-0.2, 0) is 13.0 Å². The van der Waals surface area contributed by atoms with E-state index in [9.17, 15) is 5.11 Å². The van der Waals surface area contributed by atoms with Crippen molar-refractivity contribution in [3.05, 3.63) is 59.3 Å². The smallest absolute Gasteiger partial charge is 0.117 e. The Kier molecular flexibility index (Phi) is 4.48. The van der Waals surface area contributed by atoms with Gasteiger partial charge in [-0.1, -0.05) is 31.4 Å². The van der Waals surface area contributed by atoms with Crippen LogP contribution in [0, 0.1) is 11.8 Å². The number of phenolic OH excluding ortho intramolecular Hbond substituents is 1. The Hall–Kier alpha value is -2.86. The third-order valence-corrected chi connectivity index (χ3v) is 4.22. The molecule has 0 saturated heterocycles. The molecule has 3 N–H and O–H groups in total. The fourth-order valence-corrected chi connectivity index (χ4v) is 3.00. The summed E-state index contributed by atoms with van der Waals surface area (Å²) < 4.78 is 2.04. The first kappa shape index (κ1) is 16.0. The number of fused-ring (bicyclic) bond motifs is 1. The standard InChI is InChI=1S/C21H22N2O/c1-3-5-15-6-8-16(9-7-15)10-13-19-21(22)18-12-11-17(24)14-20(18)23(19)4-2/h6-9,11-12,14,24H,3-5,22H2,1-2H3. The lowest BCUT2D eigenvalue weighted by Crippen LogP contribution is -1.98. The second-order valence-corrected chi connectivity index (χ2v) is 5.90. The molecular formula is C21H22N2O. The Balaban J connectivity index is 2.03. The number of phenols is 1. The van der Waals surface area contributed by atoms with Crippen LogP contribution in [0.15, 0.2) is 42.5 Å². The van der Waals surface area contributed by atoms with Gasteiger partial charge >= 0.3 is 0 Å². The van der Waals surface area contributed by atoms with E-state index in [1.807, 2.05) is 17.6 Å². The molecule has 0 amide bonds.